The number of hydrazone groups is 1. The monoisotopic (exact) mass is 724 g/mol. The molecule has 14 heteroatoms. The SMILES string of the molecule is C=CCc1cc(/C=N\NC(=O)COc2ccc([C@H]3NC(=O)NC(C)=C3C(=O)OCC)cc2OC)cc(OCC)c1OCc1ccc(Cl)c(Cl)c1. The van der Waals surface area contributed by atoms with E-state index in [4.69, 9.17) is 46.9 Å². The molecule has 3 aromatic rings. The highest BCUT2D eigenvalue weighted by Gasteiger charge is 2.32. The number of hydrogen-bond acceptors (Lipinski definition) is 9. The summed E-state index contributed by atoms with van der Waals surface area (Å²) < 4.78 is 28.4. The van der Waals surface area contributed by atoms with E-state index in [1.165, 1.54) is 13.3 Å². The van der Waals surface area contributed by atoms with E-state index in [0.29, 0.717) is 51.4 Å². The first-order valence-electron chi connectivity index (χ1n) is 15.6. The molecule has 0 unspecified atom stereocenters. The molecule has 3 amide bonds. The molecule has 1 heterocycles. The average Bonchev–Trinajstić information content (AvgIpc) is 3.08. The number of ether oxygens (including phenoxy) is 5. The zero-order chi connectivity index (χ0) is 36.2. The summed E-state index contributed by atoms with van der Waals surface area (Å²) in [4.78, 5) is 37.5. The maximum Gasteiger partial charge on any atom is 0.338 e. The van der Waals surface area contributed by atoms with Crippen LogP contribution < -0.4 is 35.0 Å². The van der Waals surface area contributed by atoms with Crippen LogP contribution in [0.2, 0.25) is 10.0 Å². The number of amides is 3. The highest BCUT2D eigenvalue weighted by Crippen LogP contribution is 2.36. The van der Waals surface area contributed by atoms with Gasteiger partial charge in [0.25, 0.3) is 5.91 Å². The molecular formula is C36H38Cl2N4O8. The molecule has 1 atom stereocenters. The van der Waals surface area contributed by atoms with E-state index >= 15 is 0 Å². The smallest absolute Gasteiger partial charge is 0.338 e. The van der Waals surface area contributed by atoms with E-state index in [1.54, 1.807) is 56.3 Å². The lowest BCUT2D eigenvalue weighted by molar-refractivity contribution is -0.139. The maximum absolute atomic E-state index is 12.7. The van der Waals surface area contributed by atoms with Crippen molar-refractivity contribution < 1.29 is 38.1 Å². The lowest BCUT2D eigenvalue weighted by Crippen LogP contribution is -2.45. The number of hydrogen-bond donors (Lipinski definition) is 3. The molecule has 0 saturated carbocycles. The van der Waals surface area contributed by atoms with Crippen molar-refractivity contribution in [1.82, 2.24) is 16.1 Å². The van der Waals surface area contributed by atoms with E-state index < -0.39 is 23.9 Å². The van der Waals surface area contributed by atoms with Crippen LogP contribution in [0.4, 0.5) is 4.79 Å². The topological polar surface area (TPSA) is 146 Å². The Morgan fingerprint density at radius 1 is 0.980 bits per heavy atom. The number of urea groups is 1. The van der Waals surface area contributed by atoms with E-state index in [9.17, 15) is 14.4 Å². The summed E-state index contributed by atoms with van der Waals surface area (Å²) in [5.41, 5.74) is 5.94. The van der Waals surface area contributed by atoms with Crippen molar-refractivity contribution in [3.05, 3.63) is 105 Å². The number of benzene rings is 3. The first kappa shape index (κ1) is 37.6. The molecule has 0 saturated heterocycles. The molecule has 1 aliphatic heterocycles. The largest absolute Gasteiger partial charge is 0.493 e. The Bertz CT molecular complexity index is 1810. The Balaban J connectivity index is 1.43. The molecule has 50 heavy (non-hydrogen) atoms. The van der Waals surface area contributed by atoms with Gasteiger partial charge in [-0.15, -0.1) is 6.58 Å². The van der Waals surface area contributed by atoms with E-state index in [-0.39, 0.29) is 36.9 Å². The summed E-state index contributed by atoms with van der Waals surface area (Å²) in [5, 5.41) is 10.3. The molecule has 12 nitrogen and oxygen atoms in total. The van der Waals surface area contributed by atoms with Gasteiger partial charge >= 0.3 is 12.0 Å². The van der Waals surface area contributed by atoms with Gasteiger partial charge in [0.05, 0.1) is 48.2 Å². The van der Waals surface area contributed by atoms with Crippen LogP contribution in [0.15, 0.2) is 77.6 Å². The third-order valence-electron chi connectivity index (χ3n) is 7.23. The van der Waals surface area contributed by atoms with Gasteiger partial charge in [0.1, 0.15) is 6.61 Å². The highest BCUT2D eigenvalue weighted by atomic mass is 35.5. The minimum atomic E-state index is -0.790. The number of carbonyl (C=O) groups is 3. The number of carbonyl (C=O) groups excluding carboxylic acids is 3. The lowest BCUT2D eigenvalue weighted by atomic mass is 9.95. The number of nitrogens with zero attached hydrogens (tertiary/aromatic N) is 1. The van der Waals surface area contributed by atoms with Crippen LogP contribution in [0.1, 0.15) is 49.1 Å². The predicted octanol–water partition coefficient (Wildman–Crippen LogP) is 6.43. The Hall–Kier alpha value is -5.20. The maximum atomic E-state index is 12.7. The molecule has 0 aliphatic carbocycles. The number of halogens is 2. The Morgan fingerprint density at radius 2 is 1.78 bits per heavy atom. The first-order chi connectivity index (χ1) is 24.1. The summed E-state index contributed by atoms with van der Waals surface area (Å²) in [6.07, 6.45) is 3.72. The fourth-order valence-corrected chi connectivity index (χ4v) is 5.36. The van der Waals surface area contributed by atoms with Crippen molar-refractivity contribution in [2.24, 2.45) is 5.10 Å². The van der Waals surface area contributed by atoms with Crippen molar-refractivity contribution in [2.75, 3.05) is 26.9 Å². The molecule has 0 radical (unpaired) electrons. The standard InChI is InChI=1S/C36H38Cl2N4O8/c1-6-9-25-14-23(16-30(47-7-2)34(25)50-19-22-10-12-26(37)27(38)15-22)18-39-42-31(43)20-49-28-13-11-24(17-29(28)46-5)33-32(35(44)48-8-3)21(4)40-36(45)41-33/h6,10-18,33H,1,7-9,19-20H2,2-5H3,(H,42,43)(H2,40,41,45)/b39-18-/t33-/m1/s1. The van der Waals surface area contributed by atoms with Crippen molar-refractivity contribution in [3.63, 3.8) is 0 Å². The molecule has 0 fully saturated rings. The zero-order valence-electron chi connectivity index (χ0n) is 28.1. The normalized spacial score (nSPS) is 14.0. The van der Waals surface area contributed by atoms with Gasteiger partial charge in [0.15, 0.2) is 29.6 Å². The van der Waals surface area contributed by atoms with Crippen LogP contribution in [0, 0.1) is 0 Å². The van der Waals surface area contributed by atoms with Gasteiger partial charge < -0.3 is 34.3 Å². The van der Waals surface area contributed by atoms with Crippen molar-refractivity contribution in [3.8, 4) is 23.0 Å². The second-order valence-electron chi connectivity index (χ2n) is 10.8. The minimum absolute atomic E-state index is 0.173. The number of methoxy groups -OCH3 is 1. The van der Waals surface area contributed by atoms with Crippen molar-refractivity contribution in [1.29, 1.82) is 0 Å². The summed E-state index contributed by atoms with van der Waals surface area (Å²) in [5.74, 6) is 0.516. The molecule has 4 rings (SSSR count). The van der Waals surface area contributed by atoms with Crippen LogP contribution >= 0.6 is 23.2 Å². The first-order valence-corrected chi connectivity index (χ1v) is 16.4. The van der Waals surface area contributed by atoms with Gasteiger partial charge in [-0.3, -0.25) is 4.79 Å². The van der Waals surface area contributed by atoms with Gasteiger partial charge in [-0.05, 0) is 80.3 Å². The predicted molar refractivity (Wildman–Crippen MR) is 190 cm³/mol. The molecule has 0 spiro atoms. The summed E-state index contributed by atoms with van der Waals surface area (Å²) in [7, 11) is 1.44. The molecule has 0 aromatic heterocycles. The van der Waals surface area contributed by atoms with E-state index in [2.05, 4.69) is 27.7 Å². The molecule has 3 N–H and O–H groups in total. The molecular weight excluding hydrogens is 687 g/mol. The van der Waals surface area contributed by atoms with Gasteiger partial charge in [0.2, 0.25) is 0 Å². The molecule has 3 aromatic carbocycles. The van der Waals surface area contributed by atoms with Crippen LogP contribution in [-0.4, -0.2) is 51.1 Å². The molecule has 0 bridgehead atoms. The lowest BCUT2D eigenvalue weighted by Gasteiger charge is -2.28. The van der Waals surface area contributed by atoms with Crippen LogP contribution in [-0.2, 0) is 27.4 Å². The second kappa shape index (κ2) is 18.0. The van der Waals surface area contributed by atoms with Gasteiger partial charge in [0, 0.05) is 11.3 Å². The second-order valence-corrected chi connectivity index (χ2v) is 11.6. The third-order valence-corrected chi connectivity index (χ3v) is 7.97. The van der Waals surface area contributed by atoms with Gasteiger partial charge in [-0.2, -0.15) is 5.10 Å². The average molecular weight is 726 g/mol. The fraction of sp³-hybridized carbons (Fsp3) is 0.278. The molecule has 264 valence electrons. The number of esters is 1. The summed E-state index contributed by atoms with van der Waals surface area (Å²) in [6, 6.07) is 12.5. The highest BCUT2D eigenvalue weighted by molar-refractivity contribution is 6.42. The van der Waals surface area contributed by atoms with Crippen LogP contribution in [0.5, 0.6) is 23.0 Å². The summed E-state index contributed by atoms with van der Waals surface area (Å²) in [6.45, 7) is 9.46. The number of allylic oxidation sites excluding steroid dienone is 2. The van der Waals surface area contributed by atoms with Crippen molar-refractivity contribution in [2.45, 2.75) is 39.8 Å². The van der Waals surface area contributed by atoms with Crippen LogP contribution in [0.25, 0.3) is 0 Å². The fourth-order valence-electron chi connectivity index (χ4n) is 5.04. The summed E-state index contributed by atoms with van der Waals surface area (Å²) >= 11 is 12.2. The Morgan fingerprint density at radius 3 is 2.48 bits per heavy atom. The van der Waals surface area contributed by atoms with Crippen molar-refractivity contribution >= 4 is 47.3 Å². The van der Waals surface area contributed by atoms with E-state index in [1.807, 2.05) is 19.1 Å². The van der Waals surface area contributed by atoms with Crippen LogP contribution in [0.3, 0.4) is 0 Å². The Labute approximate surface area is 300 Å². The quantitative estimate of drug-likeness (QED) is 0.0664. The Kier molecular flexibility index (Phi) is 13.5. The minimum Gasteiger partial charge on any atom is -0.493 e. The van der Waals surface area contributed by atoms with Gasteiger partial charge in [-0.25, -0.2) is 15.0 Å². The zero-order valence-corrected chi connectivity index (χ0v) is 29.6. The number of nitrogens with one attached hydrogen (secondary N) is 3. The number of rotatable bonds is 16. The molecule has 1 aliphatic rings. The third kappa shape index (κ3) is 9.70. The van der Waals surface area contributed by atoms with E-state index in [0.717, 1.165) is 11.1 Å². The van der Waals surface area contributed by atoms with Gasteiger partial charge in [-0.1, -0.05) is 41.4 Å².